The van der Waals surface area contributed by atoms with Crippen molar-refractivity contribution in [2.24, 2.45) is 40.4 Å². The highest BCUT2D eigenvalue weighted by molar-refractivity contribution is 5.91. The Labute approximate surface area is 137 Å². The third-order valence-electron chi connectivity index (χ3n) is 8.10. The van der Waals surface area contributed by atoms with Crippen LogP contribution in [0, 0.1) is 40.4 Å². The molecular weight excluding hydrogens is 292 g/mol. The van der Waals surface area contributed by atoms with Gasteiger partial charge in [-0.15, -0.1) is 0 Å². The van der Waals surface area contributed by atoms with Gasteiger partial charge in [0, 0.05) is 24.2 Å². The maximum Gasteiger partial charge on any atom is 0.307 e. The molecule has 126 valence electrons. The summed E-state index contributed by atoms with van der Waals surface area (Å²) >= 11 is 0. The molecule has 0 radical (unpaired) electrons. The first-order chi connectivity index (χ1) is 10.8. The molecule has 2 bridgehead atoms. The number of ketones is 2. The van der Waals surface area contributed by atoms with Gasteiger partial charge in [0.05, 0.1) is 5.92 Å². The number of carbonyl (C=O) groups is 3. The largest absolute Gasteiger partial charge is 0.481 e. The van der Waals surface area contributed by atoms with Crippen molar-refractivity contribution < 1.29 is 19.5 Å². The molecule has 4 heteroatoms. The number of hydrogen-bond donors (Lipinski definition) is 1. The molecule has 0 aromatic rings. The molecule has 4 nitrogen and oxygen atoms in total. The molecule has 0 amide bonds. The fraction of sp³-hybridized carbons (Fsp3) is 0.842. The van der Waals surface area contributed by atoms with Crippen molar-refractivity contribution in [3.05, 3.63) is 0 Å². The third-order valence-corrected chi connectivity index (χ3v) is 8.10. The van der Waals surface area contributed by atoms with E-state index in [0.717, 1.165) is 32.1 Å². The Kier molecular flexibility index (Phi) is 3.12. The van der Waals surface area contributed by atoms with Crippen LogP contribution in [-0.2, 0) is 14.4 Å². The van der Waals surface area contributed by atoms with Crippen LogP contribution in [-0.4, -0.2) is 22.6 Å². The molecule has 0 aliphatic heterocycles. The average molecular weight is 318 g/mol. The Hall–Kier alpha value is -1.19. The second-order valence-corrected chi connectivity index (χ2v) is 8.92. The lowest BCUT2D eigenvalue weighted by Crippen LogP contribution is -2.58. The molecule has 0 saturated heterocycles. The van der Waals surface area contributed by atoms with Crippen molar-refractivity contribution >= 4 is 17.5 Å². The number of rotatable bonds is 1. The van der Waals surface area contributed by atoms with Gasteiger partial charge in [0.1, 0.15) is 11.6 Å². The molecule has 0 heterocycles. The van der Waals surface area contributed by atoms with E-state index in [4.69, 9.17) is 0 Å². The van der Waals surface area contributed by atoms with Crippen molar-refractivity contribution in [2.75, 3.05) is 0 Å². The molecule has 4 rings (SSSR count). The van der Waals surface area contributed by atoms with Crippen LogP contribution in [0.1, 0.15) is 58.8 Å². The Morgan fingerprint density at radius 3 is 2.65 bits per heavy atom. The summed E-state index contributed by atoms with van der Waals surface area (Å²) in [7, 11) is 0. The monoisotopic (exact) mass is 318 g/mol. The zero-order chi connectivity index (χ0) is 16.6. The fourth-order valence-corrected chi connectivity index (χ4v) is 7.16. The first kappa shape index (κ1) is 15.3. The predicted octanol–water partition coefficient (Wildman–Crippen LogP) is 3.09. The van der Waals surface area contributed by atoms with Crippen LogP contribution in [0.4, 0.5) is 0 Å². The average Bonchev–Trinajstić information content (AvgIpc) is 2.66. The minimum absolute atomic E-state index is 0.0496. The van der Waals surface area contributed by atoms with Crippen molar-refractivity contribution in [1.82, 2.24) is 0 Å². The Morgan fingerprint density at radius 1 is 1.22 bits per heavy atom. The number of carboxylic acids is 1. The lowest BCUT2D eigenvalue weighted by Gasteiger charge is -2.59. The first-order valence-electron chi connectivity index (χ1n) is 9.08. The summed E-state index contributed by atoms with van der Waals surface area (Å²) in [5.41, 5.74) is -0.560. The van der Waals surface area contributed by atoms with Crippen LogP contribution in [0.15, 0.2) is 0 Å². The minimum atomic E-state index is -0.829. The van der Waals surface area contributed by atoms with Crippen molar-refractivity contribution in [2.45, 2.75) is 58.8 Å². The molecule has 0 aromatic heterocycles. The number of Topliss-reactive ketones (excluding diaryl/α,β-unsaturated/α-hetero) is 2. The summed E-state index contributed by atoms with van der Waals surface area (Å²) in [5, 5.41) is 9.61. The van der Waals surface area contributed by atoms with Gasteiger partial charge < -0.3 is 5.11 Å². The van der Waals surface area contributed by atoms with E-state index in [0.29, 0.717) is 18.1 Å². The predicted molar refractivity (Wildman–Crippen MR) is 83.6 cm³/mol. The Morgan fingerprint density at radius 2 is 1.96 bits per heavy atom. The molecule has 23 heavy (non-hydrogen) atoms. The second-order valence-electron chi connectivity index (χ2n) is 8.92. The standard InChI is InChI=1S/C19H26O4/c1-10-11-3-4-15-18(2)9-12(20)7-13(17(22)23)14(18)5-6-19(15,8-11)16(10)21/h10-11,13-15H,3-9H2,1-2H3,(H,22,23). The van der Waals surface area contributed by atoms with E-state index in [1.807, 2.05) is 0 Å². The van der Waals surface area contributed by atoms with Crippen LogP contribution >= 0.6 is 0 Å². The molecule has 7 unspecified atom stereocenters. The molecule has 0 aromatic carbocycles. The SMILES string of the molecule is CC1C(=O)C23CCC4C(C(=O)O)CC(=O)CC4(C)C2CCC1C3. The van der Waals surface area contributed by atoms with E-state index < -0.39 is 11.9 Å². The van der Waals surface area contributed by atoms with E-state index in [-0.39, 0.29) is 40.8 Å². The van der Waals surface area contributed by atoms with Crippen molar-refractivity contribution in [3.63, 3.8) is 0 Å². The van der Waals surface area contributed by atoms with Crippen molar-refractivity contribution in [3.8, 4) is 0 Å². The van der Waals surface area contributed by atoms with Gasteiger partial charge in [0.25, 0.3) is 0 Å². The normalized spacial score (nSPS) is 52.0. The maximum absolute atomic E-state index is 13.1. The fourth-order valence-electron chi connectivity index (χ4n) is 7.16. The van der Waals surface area contributed by atoms with E-state index in [9.17, 15) is 19.5 Å². The lowest BCUT2D eigenvalue weighted by atomic mass is 9.43. The first-order valence-corrected chi connectivity index (χ1v) is 9.08. The van der Waals surface area contributed by atoms with Crippen LogP contribution < -0.4 is 0 Å². The Bertz CT molecular complexity index is 596. The smallest absolute Gasteiger partial charge is 0.307 e. The van der Waals surface area contributed by atoms with Crippen LogP contribution in [0.5, 0.6) is 0 Å². The highest BCUT2D eigenvalue weighted by Gasteiger charge is 2.67. The van der Waals surface area contributed by atoms with Gasteiger partial charge in [-0.25, -0.2) is 0 Å². The highest BCUT2D eigenvalue weighted by Crippen LogP contribution is 2.69. The molecule has 1 N–H and O–H groups in total. The summed E-state index contributed by atoms with van der Waals surface area (Å²) < 4.78 is 0. The van der Waals surface area contributed by atoms with E-state index in [1.165, 1.54) is 0 Å². The molecule has 4 aliphatic carbocycles. The molecule has 1 spiro atoms. The number of fused-ring (bicyclic) bond motifs is 3. The number of aliphatic carboxylic acids is 1. The number of carbonyl (C=O) groups excluding carboxylic acids is 2. The quantitative estimate of drug-likeness (QED) is 0.806. The lowest BCUT2D eigenvalue weighted by molar-refractivity contribution is -0.171. The molecule has 4 aliphatic rings. The Balaban J connectivity index is 1.77. The van der Waals surface area contributed by atoms with E-state index >= 15 is 0 Å². The summed E-state index contributed by atoms with van der Waals surface area (Å²) in [5.74, 6) is 0.0176. The number of carboxylic acid groups (broad SMARTS) is 1. The van der Waals surface area contributed by atoms with Crippen LogP contribution in [0.2, 0.25) is 0 Å². The third kappa shape index (κ3) is 1.81. The van der Waals surface area contributed by atoms with Gasteiger partial charge in [-0.05, 0) is 55.3 Å². The van der Waals surface area contributed by atoms with Gasteiger partial charge in [0.15, 0.2) is 0 Å². The van der Waals surface area contributed by atoms with E-state index in [1.54, 1.807) is 0 Å². The summed E-state index contributed by atoms with van der Waals surface area (Å²) in [4.78, 5) is 37.1. The van der Waals surface area contributed by atoms with Gasteiger partial charge >= 0.3 is 5.97 Å². The van der Waals surface area contributed by atoms with Gasteiger partial charge in [-0.2, -0.15) is 0 Å². The van der Waals surface area contributed by atoms with Crippen molar-refractivity contribution in [1.29, 1.82) is 0 Å². The summed E-state index contributed by atoms with van der Waals surface area (Å²) in [6.45, 7) is 4.19. The van der Waals surface area contributed by atoms with Gasteiger partial charge in [-0.1, -0.05) is 13.8 Å². The second kappa shape index (κ2) is 4.67. The van der Waals surface area contributed by atoms with Crippen LogP contribution in [0.25, 0.3) is 0 Å². The maximum atomic E-state index is 13.1. The van der Waals surface area contributed by atoms with Gasteiger partial charge in [0.2, 0.25) is 0 Å². The summed E-state index contributed by atoms with van der Waals surface area (Å²) in [6.07, 6.45) is 5.33. The zero-order valence-electron chi connectivity index (χ0n) is 14.0. The molecule has 7 atom stereocenters. The minimum Gasteiger partial charge on any atom is -0.481 e. The molecule has 4 fully saturated rings. The summed E-state index contributed by atoms with van der Waals surface area (Å²) in [6, 6.07) is 0. The zero-order valence-corrected chi connectivity index (χ0v) is 14.0. The molecule has 4 saturated carbocycles. The molecular formula is C19H26O4. The van der Waals surface area contributed by atoms with Crippen LogP contribution in [0.3, 0.4) is 0 Å². The topological polar surface area (TPSA) is 71.4 Å². The van der Waals surface area contributed by atoms with E-state index in [2.05, 4.69) is 13.8 Å². The van der Waals surface area contributed by atoms with Gasteiger partial charge in [-0.3, -0.25) is 14.4 Å². The highest BCUT2D eigenvalue weighted by atomic mass is 16.4. The number of hydrogen-bond acceptors (Lipinski definition) is 3.